The SMILES string of the molecule is O=C1Cc2ccc(O)cc2ON1. The third-order valence-electron chi connectivity index (χ3n) is 1.68. The van der Waals surface area contributed by atoms with Crippen LogP contribution in [0.4, 0.5) is 0 Å². The molecule has 2 N–H and O–H groups in total. The molecule has 1 heterocycles. The summed E-state index contributed by atoms with van der Waals surface area (Å²) in [5, 5.41) is 9.06. The van der Waals surface area contributed by atoms with Crippen LogP contribution in [0.1, 0.15) is 5.56 Å². The highest BCUT2D eigenvalue weighted by Gasteiger charge is 2.16. The molecule has 0 bridgehead atoms. The van der Waals surface area contributed by atoms with Crippen LogP contribution in [0.2, 0.25) is 0 Å². The zero-order valence-electron chi connectivity index (χ0n) is 6.20. The van der Waals surface area contributed by atoms with Gasteiger partial charge in [0.1, 0.15) is 5.75 Å². The second kappa shape index (κ2) is 2.41. The van der Waals surface area contributed by atoms with Gasteiger partial charge in [-0.1, -0.05) is 6.07 Å². The van der Waals surface area contributed by atoms with Crippen molar-refractivity contribution in [1.29, 1.82) is 0 Å². The maximum absolute atomic E-state index is 10.8. The smallest absolute Gasteiger partial charge is 0.257 e. The molecule has 1 aliphatic rings. The van der Waals surface area contributed by atoms with Crippen LogP contribution in [0, 0.1) is 0 Å². The minimum Gasteiger partial charge on any atom is -0.508 e. The molecular formula is C8H7NO3. The molecule has 1 aromatic rings. The van der Waals surface area contributed by atoms with Gasteiger partial charge in [-0.15, -0.1) is 0 Å². The summed E-state index contributed by atoms with van der Waals surface area (Å²) in [5.41, 5.74) is 3.00. The van der Waals surface area contributed by atoms with E-state index >= 15 is 0 Å². The molecule has 0 radical (unpaired) electrons. The van der Waals surface area contributed by atoms with Gasteiger partial charge in [0, 0.05) is 11.6 Å². The van der Waals surface area contributed by atoms with Crippen molar-refractivity contribution >= 4 is 5.91 Å². The zero-order valence-corrected chi connectivity index (χ0v) is 6.20. The molecule has 4 nitrogen and oxygen atoms in total. The van der Waals surface area contributed by atoms with E-state index in [2.05, 4.69) is 5.48 Å². The fraction of sp³-hybridized carbons (Fsp3) is 0.125. The predicted molar refractivity (Wildman–Crippen MR) is 40.6 cm³/mol. The minimum absolute atomic E-state index is 0.130. The summed E-state index contributed by atoms with van der Waals surface area (Å²) in [6.07, 6.45) is 0.301. The molecule has 0 aromatic heterocycles. The zero-order chi connectivity index (χ0) is 8.55. The van der Waals surface area contributed by atoms with Gasteiger partial charge in [0.25, 0.3) is 5.91 Å². The Morgan fingerprint density at radius 2 is 2.33 bits per heavy atom. The van der Waals surface area contributed by atoms with Gasteiger partial charge in [-0.05, 0) is 6.07 Å². The number of amides is 1. The topological polar surface area (TPSA) is 58.6 Å². The van der Waals surface area contributed by atoms with Gasteiger partial charge in [0.15, 0.2) is 5.75 Å². The van der Waals surface area contributed by atoms with E-state index in [1.807, 2.05) is 0 Å². The van der Waals surface area contributed by atoms with Crippen molar-refractivity contribution in [3.8, 4) is 11.5 Å². The summed E-state index contributed by atoms with van der Waals surface area (Å²) in [4.78, 5) is 15.7. The maximum atomic E-state index is 10.8. The van der Waals surface area contributed by atoms with Crippen LogP contribution in [-0.2, 0) is 11.2 Å². The van der Waals surface area contributed by atoms with Crippen molar-refractivity contribution in [2.75, 3.05) is 0 Å². The first kappa shape index (κ1) is 6.97. The number of hydrogen-bond acceptors (Lipinski definition) is 3. The average molecular weight is 165 g/mol. The first-order valence-electron chi connectivity index (χ1n) is 3.53. The molecule has 62 valence electrons. The van der Waals surface area contributed by atoms with Crippen molar-refractivity contribution in [2.24, 2.45) is 0 Å². The number of rotatable bonds is 0. The summed E-state index contributed by atoms with van der Waals surface area (Å²) >= 11 is 0. The van der Waals surface area contributed by atoms with Gasteiger partial charge in [-0.2, -0.15) is 5.48 Å². The van der Waals surface area contributed by atoms with E-state index in [-0.39, 0.29) is 11.7 Å². The number of phenolic OH excluding ortho intramolecular Hbond substituents is 1. The number of phenols is 1. The van der Waals surface area contributed by atoms with E-state index in [0.29, 0.717) is 12.2 Å². The summed E-state index contributed by atoms with van der Waals surface area (Å²) in [7, 11) is 0. The van der Waals surface area contributed by atoms with E-state index in [9.17, 15) is 4.79 Å². The van der Waals surface area contributed by atoms with Gasteiger partial charge in [0.2, 0.25) is 0 Å². The van der Waals surface area contributed by atoms with Crippen LogP contribution >= 0.6 is 0 Å². The number of aromatic hydroxyl groups is 1. The lowest BCUT2D eigenvalue weighted by Crippen LogP contribution is -2.32. The lowest BCUT2D eigenvalue weighted by atomic mass is 10.1. The standard InChI is InChI=1S/C8H7NO3/c10-6-2-1-5-3-8(11)9-12-7(5)4-6/h1-2,4,10H,3H2,(H,9,11). The van der Waals surface area contributed by atoms with E-state index < -0.39 is 0 Å². The average Bonchev–Trinajstić information content (AvgIpc) is 2.05. The van der Waals surface area contributed by atoms with Crippen LogP contribution in [0.25, 0.3) is 0 Å². The van der Waals surface area contributed by atoms with Crippen LogP contribution in [0.5, 0.6) is 11.5 Å². The maximum Gasteiger partial charge on any atom is 0.257 e. The number of carbonyl (C=O) groups is 1. The van der Waals surface area contributed by atoms with Crippen LogP contribution in [0.3, 0.4) is 0 Å². The van der Waals surface area contributed by atoms with Gasteiger partial charge >= 0.3 is 0 Å². The second-order valence-electron chi connectivity index (χ2n) is 2.60. The molecule has 0 spiro atoms. The fourth-order valence-corrected chi connectivity index (χ4v) is 1.11. The molecule has 0 saturated heterocycles. The first-order valence-corrected chi connectivity index (χ1v) is 3.53. The van der Waals surface area contributed by atoms with Gasteiger partial charge in [0.05, 0.1) is 6.42 Å². The second-order valence-corrected chi connectivity index (χ2v) is 2.60. The monoisotopic (exact) mass is 165 g/mol. The van der Waals surface area contributed by atoms with E-state index in [4.69, 9.17) is 9.94 Å². The van der Waals surface area contributed by atoms with Gasteiger partial charge in [-0.3, -0.25) is 4.79 Å². The Morgan fingerprint density at radius 1 is 1.50 bits per heavy atom. The van der Waals surface area contributed by atoms with E-state index in [0.717, 1.165) is 5.56 Å². The van der Waals surface area contributed by atoms with Crippen LogP contribution < -0.4 is 10.3 Å². The number of hydroxylamine groups is 1. The number of carbonyl (C=O) groups excluding carboxylic acids is 1. The van der Waals surface area contributed by atoms with Gasteiger partial charge in [-0.25, -0.2) is 0 Å². The number of benzene rings is 1. The molecular weight excluding hydrogens is 158 g/mol. The fourth-order valence-electron chi connectivity index (χ4n) is 1.11. The van der Waals surface area contributed by atoms with E-state index in [1.165, 1.54) is 12.1 Å². The molecule has 0 saturated carbocycles. The molecule has 1 aliphatic heterocycles. The molecule has 1 amide bonds. The minimum atomic E-state index is -0.173. The van der Waals surface area contributed by atoms with E-state index in [1.54, 1.807) is 6.07 Å². The molecule has 0 aliphatic carbocycles. The van der Waals surface area contributed by atoms with Crippen molar-refractivity contribution in [3.63, 3.8) is 0 Å². The Morgan fingerprint density at radius 3 is 3.17 bits per heavy atom. The molecule has 0 fully saturated rings. The molecule has 1 aromatic carbocycles. The Bertz CT molecular complexity index is 335. The predicted octanol–water partition coefficient (Wildman–Crippen LogP) is 0.358. The van der Waals surface area contributed by atoms with Crippen LogP contribution in [0.15, 0.2) is 18.2 Å². The quantitative estimate of drug-likeness (QED) is 0.583. The highest BCUT2D eigenvalue weighted by molar-refractivity contribution is 5.80. The number of fused-ring (bicyclic) bond motifs is 1. The van der Waals surface area contributed by atoms with Crippen molar-refractivity contribution in [3.05, 3.63) is 23.8 Å². The van der Waals surface area contributed by atoms with Crippen molar-refractivity contribution < 1.29 is 14.7 Å². The highest BCUT2D eigenvalue weighted by Crippen LogP contribution is 2.25. The Kier molecular flexibility index (Phi) is 1.40. The Balaban J connectivity index is 2.43. The third-order valence-corrected chi connectivity index (χ3v) is 1.68. The van der Waals surface area contributed by atoms with Gasteiger partial charge < -0.3 is 9.94 Å². The normalized spacial score (nSPS) is 14.5. The Hall–Kier alpha value is -1.71. The molecule has 0 unspecified atom stereocenters. The Labute approximate surface area is 68.7 Å². The van der Waals surface area contributed by atoms with Crippen molar-refractivity contribution in [1.82, 2.24) is 5.48 Å². The highest BCUT2D eigenvalue weighted by atomic mass is 16.7. The van der Waals surface area contributed by atoms with Crippen LogP contribution in [-0.4, -0.2) is 11.0 Å². The first-order chi connectivity index (χ1) is 5.75. The summed E-state index contributed by atoms with van der Waals surface area (Å²) in [6.45, 7) is 0. The summed E-state index contributed by atoms with van der Waals surface area (Å²) in [6, 6.07) is 4.67. The summed E-state index contributed by atoms with van der Waals surface area (Å²) < 4.78 is 0. The molecule has 12 heavy (non-hydrogen) atoms. The molecule has 0 atom stereocenters. The lowest BCUT2D eigenvalue weighted by Gasteiger charge is -2.16. The third kappa shape index (κ3) is 1.07. The summed E-state index contributed by atoms with van der Waals surface area (Å²) in [5.74, 6) is 0.465. The number of nitrogens with one attached hydrogen (secondary N) is 1. The largest absolute Gasteiger partial charge is 0.508 e. The molecule has 2 rings (SSSR count). The number of hydrogen-bond donors (Lipinski definition) is 2. The van der Waals surface area contributed by atoms with Crippen molar-refractivity contribution in [2.45, 2.75) is 6.42 Å². The lowest BCUT2D eigenvalue weighted by molar-refractivity contribution is -0.128. The molecule has 4 heteroatoms.